The molecule has 3 rings (SSSR count). The molecule has 0 saturated heterocycles. The highest BCUT2D eigenvalue weighted by Crippen LogP contribution is 2.44. The van der Waals surface area contributed by atoms with Crippen LogP contribution in [0.5, 0.6) is 0 Å². The van der Waals surface area contributed by atoms with Crippen LogP contribution >= 0.6 is 22.7 Å². The summed E-state index contributed by atoms with van der Waals surface area (Å²) in [6.45, 7) is 14.6. The van der Waals surface area contributed by atoms with E-state index in [1.807, 2.05) is 40.7 Å². The third-order valence-corrected chi connectivity index (χ3v) is 6.68. The molecule has 166 valence electrons. The topological polar surface area (TPSA) is 87.1 Å². The van der Waals surface area contributed by atoms with E-state index in [1.54, 1.807) is 33.6 Å². The first-order valence-corrected chi connectivity index (χ1v) is 11.6. The van der Waals surface area contributed by atoms with Crippen LogP contribution in [0.2, 0.25) is 0 Å². The Morgan fingerprint density at radius 3 is 2.74 bits per heavy atom. The Balaban J connectivity index is 2.05. The smallest absolute Gasteiger partial charge is 0.410 e. The first-order chi connectivity index (χ1) is 14.6. The molecule has 0 aromatic carbocycles. The van der Waals surface area contributed by atoms with Crippen LogP contribution in [0.3, 0.4) is 0 Å². The van der Waals surface area contributed by atoms with Crippen LogP contribution in [0, 0.1) is 0 Å². The van der Waals surface area contributed by atoms with Crippen LogP contribution in [0.4, 0.5) is 9.80 Å². The summed E-state index contributed by atoms with van der Waals surface area (Å²) in [6.07, 6.45) is 5.45. The maximum atomic E-state index is 12.6. The molecule has 1 aliphatic rings. The minimum atomic E-state index is -0.524. The molecule has 0 atom stereocenters. The Bertz CT molecular complexity index is 1140. The molecule has 9 heteroatoms. The van der Waals surface area contributed by atoms with Crippen molar-refractivity contribution in [3.8, 4) is 10.6 Å². The second kappa shape index (κ2) is 9.23. The molecule has 0 radical (unpaired) electrons. The van der Waals surface area contributed by atoms with Gasteiger partial charge in [-0.25, -0.2) is 9.78 Å². The monoisotopic (exact) mass is 460 g/mol. The first kappa shape index (κ1) is 23.0. The van der Waals surface area contributed by atoms with Gasteiger partial charge < -0.3 is 20.2 Å². The molecular weight excluding hydrogens is 432 g/mol. The van der Waals surface area contributed by atoms with Crippen molar-refractivity contribution >= 4 is 52.1 Å². The van der Waals surface area contributed by atoms with Crippen molar-refractivity contribution in [3.63, 3.8) is 0 Å². The van der Waals surface area contributed by atoms with Gasteiger partial charge in [-0.05, 0) is 52.7 Å². The van der Waals surface area contributed by atoms with Gasteiger partial charge in [-0.2, -0.15) is 0 Å². The third kappa shape index (κ3) is 5.34. The number of fused-ring (bicyclic) bond motifs is 1. The number of thiophene rings is 1. The number of rotatable bonds is 4. The largest absolute Gasteiger partial charge is 0.444 e. The fourth-order valence-electron chi connectivity index (χ4n) is 3.27. The molecule has 0 aliphatic carbocycles. The average Bonchev–Trinajstić information content (AvgIpc) is 3.23. The Morgan fingerprint density at radius 2 is 2.13 bits per heavy atom. The summed E-state index contributed by atoms with van der Waals surface area (Å²) < 4.78 is 6.48. The Hall–Kier alpha value is -2.65. The zero-order chi connectivity index (χ0) is 22.8. The molecule has 2 N–H and O–H groups in total. The van der Waals surface area contributed by atoms with Gasteiger partial charge in [-0.15, -0.1) is 22.7 Å². The van der Waals surface area contributed by atoms with E-state index in [2.05, 4.69) is 17.1 Å². The minimum Gasteiger partial charge on any atom is -0.444 e. The Kier molecular flexibility index (Phi) is 6.86. The zero-order valence-electron chi connectivity index (χ0n) is 18.5. The van der Waals surface area contributed by atoms with Crippen LogP contribution in [0.1, 0.15) is 45.1 Å². The number of anilines is 1. The van der Waals surface area contributed by atoms with Gasteiger partial charge in [0.2, 0.25) is 0 Å². The SMILES string of the molecule is C=C(C)Nc1sc2c(c1-c1nc(=C/C)/c(=C\C=N\O)s1)CCN(C(=O)OC(C)(C)C)C2. The van der Waals surface area contributed by atoms with E-state index in [0.29, 0.717) is 13.1 Å². The Morgan fingerprint density at radius 1 is 1.39 bits per heavy atom. The molecule has 1 aliphatic heterocycles. The van der Waals surface area contributed by atoms with E-state index in [0.717, 1.165) is 42.4 Å². The predicted molar refractivity (Wildman–Crippen MR) is 128 cm³/mol. The highest BCUT2D eigenvalue weighted by molar-refractivity contribution is 7.18. The lowest BCUT2D eigenvalue weighted by Crippen LogP contribution is -2.39. The number of ether oxygens (including phenoxy) is 1. The second-order valence-corrected chi connectivity index (χ2v) is 10.4. The number of nitrogens with one attached hydrogen (secondary N) is 1. The summed E-state index contributed by atoms with van der Waals surface area (Å²) in [5.41, 5.74) is 2.57. The van der Waals surface area contributed by atoms with Gasteiger partial charge in [0.25, 0.3) is 0 Å². The zero-order valence-corrected chi connectivity index (χ0v) is 20.1. The molecule has 1 amide bonds. The number of aromatic nitrogens is 1. The second-order valence-electron chi connectivity index (χ2n) is 8.25. The number of hydrogen-bond donors (Lipinski definition) is 2. The molecule has 2 aromatic rings. The van der Waals surface area contributed by atoms with E-state index < -0.39 is 5.60 Å². The van der Waals surface area contributed by atoms with E-state index in [4.69, 9.17) is 14.9 Å². The van der Waals surface area contributed by atoms with Crippen molar-refractivity contribution < 1.29 is 14.7 Å². The van der Waals surface area contributed by atoms with Crippen LogP contribution in [0.25, 0.3) is 22.7 Å². The molecule has 0 fully saturated rings. The van der Waals surface area contributed by atoms with Gasteiger partial charge in [0.15, 0.2) is 0 Å². The Labute approximate surface area is 190 Å². The van der Waals surface area contributed by atoms with E-state index in [9.17, 15) is 4.79 Å². The number of allylic oxidation sites excluding steroid dienone is 1. The number of hydrogen-bond acceptors (Lipinski definition) is 8. The van der Waals surface area contributed by atoms with Gasteiger partial charge in [0.1, 0.15) is 15.6 Å². The molecule has 0 saturated carbocycles. The van der Waals surface area contributed by atoms with Gasteiger partial charge in [-0.3, -0.25) is 0 Å². The van der Waals surface area contributed by atoms with Gasteiger partial charge >= 0.3 is 6.09 Å². The summed E-state index contributed by atoms with van der Waals surface area (Å²) in [7, 11) is 0. The third-order valence-electron chi connectivity index (χ3n) is 4.50. The molecule has 3 heterocycles. The van der Waals surface area contributed by atoms with Crippen molar-refractivity contribution in [1.29, 1.82) is 0 Å². The lowest BCUT2D eigenvalue weighted by molar-refractivity contribution is 0.0227. The predicted octanol–water partition coefficient (Wildman–Crippen LogP) is 4.15. The van der Waals surface area contributed by atoms with Gasteiger partial charge in [-0.1, -0.05) is 17.8 Å². The van der Waals surface area contributed by atoms with Gasteiger partial charge in [0, 0.05) is 22.7 Å². The normalized spacial score (nSPS) is 15.5. The maximum absolute atomic E-state index is 12.6. The quantitative estimate of drug-likeness (QED) is 0.407. The summed E-state index contributed by atoms with van der Waals surface area (Å²) in [5.74, 6) is 0. The maximum Gasteiger partial charge on any atom is 0.410 e. The summed E-state index contributed by atoms with van der Waals surface area (Å²) in [6, 6.07) is 0. The van der Waals surface area contributed by atoms with Gasteiger partial charge in [0.05, 0.1) is 22.6 Å². The van der Waals surface area contributed by atoms with Crippen LogP contribution in [0.15, 0.2) is 17.4 Å². The number of amides is 1. The number of nitrogens with zero attached hydrogens (tertiary/aromatic N) is 3. The molecular formula is C22H28N4O3S2. The molecule has 0 spiro atoms. The number of carbonyl (C=O) groups is 1. The van der Waals surface area contributed by atoms with Crippen molar-refractivity contribution in [2.24, 2.45) is 5.16 Å². The molecule has 31 heavy (non-hydrogen) atoms. The highest BCUT2D eigenvalue weighted by atomic mass is 32.1. The van der Waals surface area contributed by atoms with E-state index in [1.165, 1.54) is 11.8 Å². The van der Waals surface area contributed by atoms with Crippen molar-refractivity contribution in [1.82, 2.24) is 9.88 Å². The highest BCUT2D eigenvalue weighted by Gasteiger charge is 2.30. The van der Waals surface area contributed by atoms with Crippen molar-refractivity contribution in [2.75, 3.05) is 11.9 Å². The number of oxime groups is 1. The van der Waals surface area contributed by atoms with Crippen molar-refractivity contribution in [3.05, 3.63) is 32.6 Å². The average molecular weight is 461 g/mol. The van der Waals surface area contributed by atoms with E-state index in [-0.39, 0.29) is 6.09 Å². The fourth-order valence-corrected chi connectivity index (χ4v) is 5.75. The lowest BCUT2D eigenvalue weighted by Gasteiger charge is -2.30. The van der Waals surface area contributed by atoms with Crippen LogP contribution in [-0.4, -0.2) is 39.5 Å². The standard InChI is InChI=1S/C22H28N4O3S2/c1-7-15-16(8-10-23-28)30-20(25-15)18-14-9-11-26(21(27)29-22(4,5)6)12-17(14)31-19(18)24-13(2)3/h7-8,10,24,28H,2,9,11-12H2,1,3-6H3/b15-7+,16-8+,23-10+. The number of carbonyl (C=O) groups excluding carboxylic acids is 1. The van der Waals surface area contributed by atoms with Crippen molar-refractivity contribution in [2.45, 2.75) is 53.2 Å². The minimum absolute atomic E-state index is 0.292. The molecule has 0 unspecified atom stereocenters. The number of thiazole rings is 1. The van der Waals surface area contributed by atoms with Crippen LogP contribution in [-0.2, 0) is 17.7 Å². The molecule has 2 aromatic heterocycles. The fraction of sp³-hybridized carbons (Fsp3) is 0.409. The summed E-state index contributed by atoms with van der Waals surface area (Å²) in [4.78, 5) is 20.3. The molecule has 7 nitrogen and oxygen atoms in total. The lowest BCUT2D eigenvalue weighted by atomic mass is 10.0. The summed E-state index contributed by atoms with van der Waals surface area (Å²) >= 11 is 3.17. The van der Waals surface area contributed by atoms with Crippen LogP contribution < -0.4 is 15.2 Å². The molecule has 0 bridgehead atoms. The first-order valence-electron chi connectivity index (χ1n) is 9.99. The summed E-state index contributed by atoms with van der Waals surface area (Å²) in [5, 5.41) is 17.9. The van der Waals surface area contributed by atoms with E-state index >= 15 is 0 Å².